The van der Waals surface area contributed by atoms with Crippen molar-refractivity contribution in [3.05, 3.63) is 58.6 Å². The first-order valence-corrected chi connectivity index (χ1v) is 9.51. The molecule has 0 fully saturated rings. The van der Waals surface area contributed by atoms with Gasteiger partial charge in [0.1, 0.15) is 11.6 Å². The average molecular weight is 402 g/mol. The third kappa shape index (κ3) is 4.30. The number of esters is 1. The van der Waals surface area contributed by atoms with Gasteiger partial charge in [0.25, 0.3) is 0 Å². The van der Waals surface area contributed by atoms with Crippen LogP contribution in [0.5, 0.6) is 0 Å². The van der Waals surface area contributed by atoms with Crippen LogP contribution in [-0.4, -0.2) is 35.7 Å². The van der Waals surface area contributed by atoms with Crippen molar-refractivity contribution >= 4 is 23.7 Å². The predicted octanol–water partition coefficient (Wildman–Crippen LogP) is 4.84. The largest absolute Gasteiger partial charge is 0.467 e. The number of carbonyl (C=O) groups is 2. The van der Waals surface area contributed by atoms with Crippen LogP contribution < -0.4 is 0 Å². The standard InChI is InChI=1S/C22H24ClNO4/c1-22(2,3)28-21(26)24-13-18-15(12-19(24)20(25)27-4)6-5-7-17(18)14-8-10-16(23)11-9-14/h5-11,19H,12-13H2,1-4H3. The van der Waals surface area contributed by atoms with E-state index in [9.17, 15) is 9.59 Å². The average Bonchev–Trinajstić information content (AvgIpc) is 2.65. The second kappa shape index (κ2) is 7.84. The van der Waals surface area contributed by atoms with Gasteiger partial charge in [0.05, 0.1) is 13.7 Å². The summed E-state index contributed by atoms with van der Waals surface area (Å²) in [6.07, 6.45) is -0.151. The molecule has 3 rings (SSSR count). The van der Waals surface area contributed by atoms with E-state index < -0.39 is 23.7 Å². The number of hydrogen-bond acceptors (Lipinski definition) is 4. The Hall–Kier alpha value is -2.53. The molecule has 5 nitrogen and oxygen atoms in total. The SMILES string of the molecule is COC(=O)C1Cc2cccc(-c3ccc(Cl)cc3)c2CN1C(=O)OC(C)(C)C. The summed E-state index contributed by atoms with van der Waals surface area (Å²) in [4.78, 5) is 26.6. The first-order chi connectivity index (χ1) is 13.2. The Morgan fingerprint density at radius 2 is 1.79 bits per heavy atom. The predicted molar refractivity (Wildman–Crippen MR) is 108 cm³/mol. The Kier molecular flexibility index (Phi) is 5.66. The van der Waals surface area contributed by atoms with E-state index in [1.807, 2.05) is 42.5 Å². The molecule has 0 saturated heterocycles. The van der Waals surface area contributed by atoms with Crippen LogP contribution in [0.2, 0.25) is 5.02 Å². The summed E-state index contributed by atoms with van der Waals surface area (Å²) in [5, 5.41) is 0.662. The van der Waals surface area contributed by atoms with Crippen LogP contribution >= 0.6 is 11.6 Å². The molecule has 0 bridgehead atoms. The molecule has 0 N–H and O–H groups in total. The van der Waals surface area contributed by atoms with Crippen molar-refractivity contribution < 1.29 is 19.1 Å². The van der Waals surface area contributed by atoms with E-state index in [4.69, 9.17) is 21.1 Å². The van der Waals surface area contributed by atoms with Crippen LogP contribution in [-0.2, 0) is 27.2 Å². The molecule has 0 spiro atoms. The fourth-order valence-corrected chi connectivity index (χ4v) is 3.50. The molecular weight excluding hydrogens is 378 g/mol. The highest BCUT2D eigenvalue weighted by molar-refractivity contribution is 6.30. The van der Waals surface area contributed by atoms with Crippen LogP contribution in [0, 0.1) is 0 Å². The molecule has 148 valence electrons. The number of methoxy groups -OCH3 is 1. The van der Waals surface area contributed by atoms with Gasteiger partial charge in [0.15, 0.2) is 0 Å². The summed E-state index contributed by atoms with van der Waals surface area (Å²) < 4.78 is 10.5. The molecule has 1 heterocycles. The maximum absolute atomic E-state index is 12.8. The first kappa shape index (κ1) is 20.2. The molecule has 6 heteroatoms. The van der Waals surface area contributed by atoms with Crippen molar-refractivity contribution in [2.24, 2.45) is 0 Å². The monoisotopic (exact) mass is 401 g/mol. The Labute approximate surface area is 170 Å². The molecule has 0 saturated carbocycles. The molecule has 2 aromatic carbocycles. The maximum atomic E-state index is 12.8. The first-order valence-electron chi connectivity index (χ1n) is 9.14. The summed E-state index contributed by atoms with van der Waals surface area (Å²) in [6.45, 7) is 5.67. The van der Waals surface area contributed by atoms with Crippen LogP contribution in [0.25, 0.3) is 11.1 Å². The molecule has 1 aliphatic rings. The minimum Gasteiger partial charge on any atom is -0.467 e. The zero-order chi connectivity index (χ0) is 20.5. The van der Waals surface area contributed by atoms with Gasteiger partial charge in [-0.25, -0.2) is 9.59 Å². The molecule has 1 unspecified atom stereocenters. The van der Waals surface area contributed by atoms with E-state index in [0.717, 1.165) is 22.3 Å². The van der Waals surface area contributed by atoms with E-state index in [1.165, 1.54) is 12.0 Å². The van der Waals surface area contributed by atoms with Crippen molar-refractivity contribution in [3.63, 3.8) is 0 Å². The van der Waals surface area contributed by atoms with Crippen LogP contribution in [0.15, 0.2) is 42.5 Å². The van der Waals surface area contributed by atoms with Gasteiger partial charge in [-0.05, 0) is 55.2 Å². The quantitative estimate of drug-likeness (QED) is 0.675. The van der Waals surface area contributed by atoms with Gasteiger partial charge in [-0.1, -0.05) is 41.9 Å². The minimum atomic E-state index is -0.715. The Balaban J connectivity index is 2.02. The summed E-state index contributed by atoms with van der Waals surface area (Å²) in [5.41, 5.74) is 3.36. The van der Waals surface area contributed by atoms with Crippen LogP contribution in [0.3, 0.4) is 0 Å². The highest BCUT2D eigenvalue weighted by Gasteiger charge is 2.38. The van der Waals surface area contributed by atoms with Gasteiger partial charge in [0.2, 0.25) is 0 Å². The number of hydrogen-bond donors (Lipinski definition) is 0. The fraction of sp³-hybridized carbons (Fsp3) is 0.364. The minimum absolute atomic E-state index is 0.267. The highest BCUT2D eigenvalue weighted by atomic mass is 35.5. The van der Waals surface area contributed by atoms with E-state index in [0.29, 0.717) is 11.4 Å². The lowest BCUT2D eigenvalue weighted by atomic mass is 9.88. The lowest BCUT2D eigenvalue weighted by Gasteiger charge is -2.37. The zero-order valence-electron chi connectivity index (χ0n) is 16.5. The number of benzene rings is 2. The van der Waals surface area contributed by atoms with Crippen molar-refractivity contribution in [1.29, 1.82) is 0 Å². The number of rotatable bonds is 2. The summed E-state index contributed by atoms with van der Waals surface area (Å²) in [6, 6.07) is 12.8. The molecule has 1 amide bonds. The second-order valence-electron chi connectivity index (χ2n) is 7.80. The number of ether oxygens (including phenoxy) is 2. The summed E-state index contributed by atoms with van der Waals surface area (Å²) in [7, 11) is 1.33. The number of fused-ring (bicyclic) bond motifs is 1. The maximum Gasteiger partial charge on any atom is 0.411 e. The zero-order valence-corrected chi connectivity index (χ0v) is 17.2. The fourth-order valence-electron chi connectivity index (χ4n) is 3.37. The van der Waals surface area contributed by atoms with Gasteiger partial charge in [-0.2, -0.15) is 0 Å². The topological polar surface area (TPSA) is 55.8 Å². The molecule has 0 radical (unpaired) electrons. The van der Waals surface area contributed by atoms with E-state index in [2.05, 4.69) is 0 Å². The van der Waals surface area contributed by atoms with E-state index >= 15 is 0 Å². The molecular formula is C22H24ClNO4. The molecule has 2 aromatic rings. The van der Waals surface area contributed by atoms with Crippen molar-refractivity contribution in [3.8, 4) is 11.1 Å². The van der Waals surface area contributed by atoms with Crippen molar-refractivity contribution in [2.75, 3.05) is 7.11 Å². The van der Waals surface area contributed by atoms with Crippen molar-refractivity contribution in [1.82, 2.24) is 4.90 Å². The van der Waals surface area contributed by atoms with Gasteiger partial charge in [-0.15, -0.1) is 0 Å². The Morgan fingerprint density at radius 3 is 2.39 bits per heavy atom. The van der Waals surface area contributed by atoms with Crippen LogP contribution in [0.1, 0.15) is 31.9 Å². The lowest BCUT2D eigenvalue weighted by molar-refractivity contribution is -0.147. The molecule has 0 aromatic heterocycles. The van der Waals surface area contributed by atoms with Gasteiger partial charge in [0, 0.05) is 11.4 Å². The second-order valence-corrected chi connectivity index (χ2v) is 8.24. The third-order valence-electron chi connectivity index (χ3n) is 4.65. The van der Waals surface area contributed by atoms with Crippen molar-refractivity contribution in [2.45, 2.75) is 45.4 Å². The van der Waals surface area contributed by atoms with E-state index in [-0.39, 0.29) is 6.54 Å². The number of carbonyl (C=O) groups excluding carboxylic acids is 2. The molecule has 1 atom stereocenters. The molecule has 0 aliphatic carbocycles. The Bertz CT molecular complexity index is 886. The van der Waals surface area contributed by atoms with E-state index in [1.54, 1.807) is 20.8 Å². The van der Waals surface area contributed by atoms with Crippen LogP contribution in [0.4, 0.5) is 4.79 Å². The number of amides is 1. The summed E-state index contributed by atoms with van der Waals surface area (Å²) in [5.74, 6) is -0.451. The van der Waals surface area contributed by atoms with Gasteiger partial charge in [-0.3, -0.25) is 4.90 Å². The number of nitrogens with zero attached hydrogens (tertiary/aromatic N) is 1. The number of halogens is 1. The lowest BCUT2D eigenvalue weighted by Crippen LogP contribution is -2.50. The van der Waals surface area contributed by atoms with Gasteiger partial charge < -0.3 is 9.47 Å². The Morgan fingerprint density at radius 1 is 1.11 bits per heavy atom. The normalized spacial score (nSPS) is 16.3. The smallest absolute Gasteiger partial charge is 0.411 e. The van der Waals surface area contributed by atoms with Gasteiger partial charge >= 0.3 is 12.1 Å². The summed E-state index contributed by atoms with van der Waals surface area (Å²) >= 11 is 6.02. The highest BCUT2D eigenvalue weighted by Crippen LogP contribution is 2.34. The molecule has 28 heavy (non-hydrogen) atoms. The molecule has 1 aliphatic heterocycles. The third-order valence-corrected chi connectivity index (χ3v) is 4.90.